The molecule has 0 saturated carbocycles. The van der Waals surface area contributed by atoms with Crippen molar-refractivity contribution in [2.45, 2.75) is 0 Å². The second kappa shape index (κ2) is 13.8. The summed E-state index contributed by atoms with van der Waals surface area (Å²) in [6.45, 7) is 0. The average molecular weight is 768 g/mol. The van der Waals surface area contributed by atoms with E-state index in [0.717, 1.165) is 105 Å². The summed E-state index contributed by atoms with van der Waals surface area (Å²) >= 11 is 0. The molecule has 0 aliphatic heterocycles. The van der Waals surface area contributed by atoms with Crippen LogP contribution in [-0.4, -0.2) is 15.0 Å². The zero-order chi connectivity index (χ0) is 39.6. The molecule has 3 aromatic heterocycles. The first-order valence-corrected chi connectivity index (χ1v) is 20.1. The molecule has 280 valence electrons. The van der Waals surface area contributed by atoms with Gasteiger partial charge in [-0.05, 0) is 75.0 Å². The summed E-state index contributed by atoms with van der Waals surface area (Å²) in [5, 5.41) is 6.34. The van der Waals surface area contributed by atoms with Gasteiger partial charge in [-0.2, -0.15) is 0 Å². The van der Waals surface area contributed by atoms with Crippen LogP contribution in [0.25, 0.3) is 122 Å². The van der Waals surface area contributed by atoms with Crippen LogP contribution in [0.15, 0.2) is 209 Å². The lowest BCUT2D eigenvalue weighted by molar-refractivity contribution is 0.669. The molecule has 0 saturated heterocycles. The lowest BCUT2D eigenvalue weighted by Gasteiger charge is -2.14. The fourth-order valence-corrected chi connectivity index (χ4v) is 8.72. The molecule has 0 aliphatic carbocycles. The Morgan fingerprint density at radius 1 is 0.283 bits per heavy atom. The number of aromatic nitrogens is 3. The Bertz CT molecular complexity index is 3590. The molecule has 3 heterocycles. The Balaban J connectivity index is 1.11. The van der Waals surface area contributed by atoms with E-state index in [1.807, 2.05) is 54.6 Å². The highest BCUT2D eigenvalue weighted by atomic mass is 16.3. The fraction of sp³-hybridized carbons (Fsp3) is 0. The van der Waals surface area contributed by atoms with Crippen LogP contribution in [0.4, 0.5) is 0 Å². The number of benzene rings is 9. The van der Waals surface area contributed by atoms with Gasteiger partial charge in [-0.15, -0.1) is 0 Å². The van der Waals surface area contributed by atoms with Crippen molar-refractivity contribution >= 4 is 54.6 Å². The number of para-hydroxylation sites is 2. The van der Waals surface area contributed by atoms with Crippen molar-refractivity contribution in [1.29, 1.82) is 0 Å². The average Bonchev–Trinajstić information content (AvgIpc) is 3.91. The summed E-state index contributed by atoms with van der Waals surface area (Å²) in [7, 11) is 0. The molecule has 12 aromatic rings. The largest absolute Gasteiger partial charge is 0.456 e. The maximum absolute atomic E-state index is 6.71. The molecule has 0 N–H and O–H groups in total. The van der Waals surface area contributed by atoms with E-state index in [1.165, 1.54) is 0 Å². The first kappa shape index (κ1) is 33.9. The summed E-state index contributed by atoms with van der Waals surface area (Å²) < 4.78 is 13.0. The minimum absolute atomic E-state index is 0.574. The van der Waals surface area contributed by atoms with Gasteiger partial charge < -0.3 is 8.83 Å². The molecule has 60 heavy (non-hydrogen) atoms. The SMILES string of the molecule is c1ccc(-c2ccc(-c3nc(-c4cc(-c5ccc(-c6ccccc6)c6oc7ccccc7c56)c5ccccc5c4)nc(-c4cccc5oc6ccccc6c45)n3)cc2)cc1. The molecule has 9 aromatic carbocycles. The molecule has 0 fully saturated rings. The molecule has 0 aliphatic rings. The van der Waals surface area contributed by atoms with Gasteiger partial charge in [-0.1, -0.05) is 164 Å². The lowest BCUT2D eigenvalue weighted by atomic mass is 9.90. The highest BCUT2D eigenvalue weighted by Crippen LogP contribution is 2.45. The van der Waals surface area contributed by atoms with Gasteiger partial charge in [-0.3, -0.25) is 0 Å². The number of furan rings is 2. The molecule has 5 heteroatoms. The second-order valence-corrected chi connectivity index (χ2v) is 15.1. The van der Waals surface area contributed by atoms with Crippen LogP contribution in [0, 0.1) is 0 Å². The standard InChI is InChI=1S/C55H33N3O2/c1-3-14-34(15-4-1)35-26-28-37(29-27-35)53-56-54(58-55(57-53)45-22-13-25-49-50(45)43-20-9-11-23-47(43)59-49)39-32-38-18-7-8-19-40(38)46(33-39)42-31-30-41(36-16-5-2-6-17-36)52-51(42)44-21-10-12-24-48(44)60-52/h1-33H. The van der Waals surface area contributed by atoms with Crippen molar-refractivity contribution < 1.29 is 8.83 Å². The Morgan fingerprint density at radius 3 is 1.60 bits per heavy atom. The van der Waals surface area contributed by atoms with Crippen LogP contribution in [-0.2, 0) is 0 Å². The first-order chi connectivity index (χ1) is 29.7. The molecular weight excluding hydrogens is 735 g/mol. The third-order valence-corrected chi connectivity index (χ3v) is 11.6. The highest BCUT2D eigenvalue weighted by molar-refractivity contribution is 6.19. The minimum Gasteiger partial charge on any atom is -0.456 e. The normalized spacial score (nSPS) is 11.7. The van der Waals surface area contributed by atoms with E-state index in [1.54, 1.807) is 0 Å². The van der Waals surface area contributed by atoms with Crippen molar-refractivity contribution in [3.8, 4) is 67.5 Å². The Labute approximate surface area is 344 Å². The predicted octanol–water partition coefficient (Wildman–Crippen LogP) is 14.8. The molecular formula is C55H33N3O2. The monoisotopic (exact) mass is 767 g/mol. The van der Waals surface area contributed by atoms with Crippen LogP contribution in [0.5, 0.6) is 0 Å². The maximum Gasteiger partial charge on any atom is 0.164 e. The van der Waals surface area contributed by atoms with Gasteiger partial charge in [-0.25, -0.2) is 15.0 Å². The van der Waals surface area contributed by atoms with Crippen LogP contribution < -0.4 is 0 Å². The van der Waals surface area contributed by atoms with Crippen LogP contribution in [0.3, 0.4) is 0 Å². The van der Waals surface area contributed by atoms with Crippen LogP contribution in [0.2, 0.25) is 0 Å². The molecule has 12 rings (SSSR count). The smallest absolute Gasteiger partial charge is 0.164 e. The number of rotatable bonds is 6. The van der Waals surface area contributed by atoms with Crippen LogP contribution >= 0.6 is 0 Å². The number of fused-ring (bicyclic) bond motifs is 7. The van der Waals surface area contributed by atoms with E-state index in [0.29, 0.717) is 17.5 Å². The van der Waals surface area contributed by atoms with Gasteiger partial charge in [0.2, 0.25) is 0 Å². The van der Waals surface area contributed by atoms with Crippen molar-refractivity contribution in [3.05, 3.63) is 200 Å². The van der Waals surface area contributed by atoms with Crippen molar-refractivity contribution in [2.75, 3.05) is 0 Å². The second-order valence-electron chi connectivity index (χ2n) is 15.1. The summed E-state index contributed by atoms with van der Waals surface area (Å²) in [5.74, 6) is 1.74. The minimum atomic E-state index is 0.574. The molecule has 5 nitrogen and oxygen atoms in total. The Hall–Kier alpha value is -8.15. The Morgan fingerprint density at radius 2 is 0.833 bits per heavy atom. The van der Waals surface area contributed by atoms with E-state index >= 15 is 0 Å². The summed E-state index contributed by atoms with van der Waals surface area (Å²) in [5.41, 5.74) is 12.6. The molecule has 0 radical (unpaired) electrons. The lowest BCUT2D eigenvalue weighted by Crippen LogP contribution is -2.01. The van der Waals surface area contributed by atoms with Crippen molar-refractivity contribution in [2.24, 2.45) is 0 Å². The first-order valence-electron chi connectivity index (χ1n) is 20.1. The predicted molar refractivity (Wildman–Crippen MR) is 245 cm³/mol. The summed E-state index contributed by atoms with van der Waals surface area (Å²) in [6.07, 6.45) is 0. The molecule has 0 unspecified atom stereocenters. The quantitative estimate of drug-likeness (QED) is 0.169. The molecule has 0 spiro atoms. The van der Waals surface area contributed by atoms with E-state index in [-0.39, 0.29) is 0 Å². The summed E-state index contributed by atoms with van der Waals surface area (Å²) in [6, 6.07) is 69.2. The van der Waals surface area contributed by atoms with Crippen molar-refractivity contribution in [1.82, 2.24) is 15.0 Å². The van der Waals surface area contributed by atoms with Gasteiger partial charge in [0.05, 0.1) is 0 Å². The third-order valence-electron chi connectivity index (χ3n) is 11.6. The van der Waals surface area contributed by atoms with E-state index in [2.05, 4.69) is 146 Å². The number of nitrogens with zero attached hydrogens (tertiary/aromatic N) is 3. The summed E-state index contributed by atoms with van der Waals surface area (Å²) in [4.78, 5) is 15.8. The molecule has 0 atom stereocenters. The third kappa shape index (κ3) is 5.59. The topological polar surface area (TPSA) is 65.0 Å². The van der Waals surface area contributed by atoms with Crippen molar-refractivity contribution in [3.63, 3.8) is 0 Å². The van der Waals surface area contributed by atoms with Gasteiger partial charge in [0.25, 0.3) is 0 Å². The van der Waals surface area contributed by atoms with E-state index in [9.17, 15) is 0 Å². The fourth-order valence-electron chi connectivity index (χ4n) is 8.72. The zero-order valence-corrected chi connectivity index (χ0v) is 32.2. The van der Waals surface area contributed by atoms with Gasteiger partial charge >= 0.3 is 0 Å². The van der Waals surface area contributed by atoms with Gasteiger partial charge in [0.1, 0.15) is 22.3 Å². The number of hydrogen-bond acceptors (Lipinski definition) is 5. The maximum atomic E-state index is 6.71. The molecule has 0 amide bonds. The highest BCUT2D eigenvalue weighted by Gasteiger charge is 2.22. The van der Waals surface area contributed by atoms with E-state index in [4.69, 9.17) is 23.8 Å². The van der Waals surface area contributed by atoms with Crippen LogP contribution in [0.1, 0.15) is 0 Å². The van der Waals surface area contributed by atoms with E-state index < -0.39 is 0 Å². The zero-order valence-electron chi connectivity index (χ0n) is 32.2. The Kier molecular flexibility index (Phi) is 7.78. The van der Waals surface area contributed by atoms with Gasteiger partial charge in [0, 0.05) is 43.8 Å². The number of hydrogen-bond donors (Lipinski definition) is 0. The molecule has 0 bridgehead atoms. The van der Waals surface area contributed by atoms with Gasteiger partial charge in [0.15, 0.2) is 17.5 Å².